The number of hydrogen-bond donors (Lipinski definition) is 2. The van der Waals surface area contributed by atoms with Crippen LogP contribution in [0, 0.1) is 26.7 Å². The number of carbonyl (C=O) groups excluding carboxylic acids is 1. The molecule has 1 aliphatic heterocycles. The van der Waals surface area contributed by atoms with E-state index in [1.807, 2.05) is 32.9 Å². The van der Waals surface area contributed by atoms with Crippen LogP contribution in [0.5, 0.6) is 0 Å². The summed E-state index contributed by atoms with van der Waals surface area (Å²) in [5, 5.41) is 16.5. The lowest BCUT2D eigenvalue weighted by molar-refractivity contribution is -0.142. The molecule has 1 aromatic carbocycles. The zero-order chi connectivity index (χ0) is 19.6. The van der Waals surface area contributed by atoms with Crippen LogP contribution in [0.25, 0.3) is 5.69 Å². The molecule has 1 fully saturated rings. The molecule has 2 aromatic rings. The van der Waals surface area contributed by atoms with Crippen molar-refractivity contribution < 1.29 is 19.4 Å². The molecule has 0 aliphatic carbocycles. The smallest absolute Gasteiger partial charge is 0.326 e. The van der Waals surface area contributed by atoms with E-state index in [9.17, 15) is 14.7 Å². The van der Waals surface area contributed by atoms with E-state index in [-0.39, 0.29) is 11.6 Å². The van der Waals surface area contributed by atoms with Gasteiger partial charge in [0.2, 0.25) is 0 Å². The van der Waals surface area contributed by atoms with Gasteiger partial charge in [-0.2, -0.15) is 5.10 Å². The number of ether oxygens (including phenoxy) is 1. The van der Waals surface area contributed by atoms with Crippen LogP contribution in [0.4, 0.5) is 0 Å². The fourth-order valence-electron chi connectivity index (χ4n) is 3.54. The van der Waals surface area contributed by atoms with Crippen molar-refractivity contribution in [2.45, 2.75) is 39.7 Å². The summed E-state index contributed by atoms with van der Waals surface area (Å²) in [6, 6.07) is 6.75. The van der Waals surface area contributed by atoms with Crippen molar-refractivity contribution in [2.24, 2.45) is 5.92 Å². The molecule has 2 unspecified atom stereocenters. The van der Waals surface area contributed by atoms with Gasteiger partial charge in [0.05, 0.1) is 12.3 Å². The Morgan fingerprint density at radius 1 is 1.22 bits per heavy atom. The van der Waals surface area contributed by atoms with E-state index in [1.54, 1.807) is 10.7 Å². The van der Waals surface area contributed by atoms with Crippen LogP contribution in [-0.2, 0) is 9.53 Å². The number of carbonyl (C=O) groups is 2. The van der Waals surface area contributed by atoms with E-state index < -0.39 is 17.9 Å². The fraction of sp³-hybridized carbons (Fsp3) is 0.450. The number of carboxylic acid groups (broad SMARTS) is 1. The highest BCUT2D eigenvalue weighted by Crippen LogP contribution is 2.19. The highest BCUT2D eigenvalue weighted by molar-refractivity contribution is 5.95. The van der Waals surface area contributed by atoms with Gasteiger partial charge in [-0.25, -0.2) is 9.48 Å². The molecule has 0 spiro atoms. The second-order valence-electron chi connectivity index (χ2n) is 7.20. The van der Waals surface area contributed by atoms with Gasteiger partial charge in [-0.15, -0.1) is 0 Å². The molecule has 144 valence electrons. The molecular formula is C20H25N3O4. The van der Waals surface area contributed by atoms with Crippen LogP contribution >= 0.6 is 0 Å². The van der Waals surface area contributed by atoms with Crippen LogP contribution < -0.4 is 5.32 Å². The molecule has 1 aliphatic rings. The number of carboxylic acids is 1. The highest BCUT2D eigenvalue weighted by atomic mass is 16.5. The number of nitrogens with zero attached hydrogens (tertiary/aromatic N) is 2. The third-order valence-electron chi connectivity index (χ3n) is 4.79. The Labute approximate surface area is 158 Å². The molecule has 0 radical (unpaired) electrons. The summed E-state index contributed by atoms with van der Waals surface area (Å²) >= 11 is 0. The average molecular weight is 371 g/mol. The van der Waals surface area contributed by atoms with E-state index in [0.29, 0.717) is 19.6 Å². The lowest BCUT2D eigenvalue weighted by Gasteiger charge is -2.27. The molecule has 1 amide bonds. The van der Waals surface area contributed by atoms with E-state index in [1.165, 1.54) is 0 Å². The van der Waals surface area contributed by atoms with Gasteiger partial charge in [0.15, 0.2) is 5.69 Å². The van der Waals surface area contributed by atoms with E-state index in [4.69, 9.17) is 4.74 Å². The molecule has 7 heteroatoms. The Morgan fingerprint density at radius 2 is 1.93 bits per heavy atom. The first kappa shape index (κ1) is 19.1. The second kappa shape index (κ2) is 7.92. The summed E-state index contributed by atoms with van der Waals surface area (Å²) in [5.74, 6) is -1.77. The predicted molar refractivity (Wildman–Crippen MR) is 100 cm³/mol. The topological polar surface area (TPSA) is 93.5 Å². The quantitative estimate of drug-likeness (QED) is 0.842. The predicted octanol–water partition coefficient (Wildman–Crippen LogP) is 2.41. The molecular weight excluding hydrogens is 346 g/mol. The zero-order valence-corrected chi connectivity index (χ0v) is 15.9. The molecule has 1 aromatic heterocycles. The van der Waals surface area contributed by atoms with E-state index in [0.717, 1.165) is 28.9 Å². The standard InChI is InChI=1S/C20H25N3O4/c1-12-7-13(2)9-16(8-12)23-14(3)10-17(22-23)19(24)21-18(20(25)26)15-5-4-6-27-11-15/h7-10,15,18H,4-6,11H2,1-3H3,(H,21,24)(H,25,26). The Balaban J connectivity index is 1.81. The summed E-state index contributed by atoms with van der Waals surface area (Å²) < 4.78 is 7.07. The van der Waals surface area contributed by atoms with Gasteiger partial charge >= 0.3 is 5.97 Å². The van der Waals surface area contributed by atoms with Crippen LogP contribution in [0.3, 0.4) is 0 Å². The highest BCUT2D eigenvalue weighted by Gasteiger charge is 2.32. The van der Waals surface area contributed by atoms with Gasteiger partial charge in [0, 0.05) is 18.2 Å². The third-order valence-corrected chi connectivity index (χ3v) is 4.79. The minimum atomic E-state index is -1.05. The summed E-state index contributed by atoms with van der Waals surface area (Å²) in [5.41, 5.74) is 4.09. The largest absolute Gasteiger partial charge is 0.480 e. The van der Waals surface area contributed by atoms with Gasteiger partial charge in [-0.3, -0.25) is 4.79 Å². The van der Waals surface area contributed by atoms with E-state index in [2.05, 4.69) is 16.5 Å². The Bertz CT molecular complexity index is 833. The molecule has 1 saturated heterocycles. The number of aryl methyl sites for hydroxylation is 3. The first-order valence-electron chi connectivity index (χ1n) is 9.12. The molecule has 7 nitrogen and oxygen atoms in total. The Kier molecular flexibility index (Phi) is 5.60. The van der Waals surface area contributed by atoms with E-state index >= 15 is 0 Å². The maximum atomic E-state index is 12.6. The molecule has 27 heavy (non-hydrogen) atoms. The molecule has 0 saturated carbocycles. The van der Waals surface area contributed by atoms with Crippen LogP contribution in [0.1, 0.15) is 40.2 Å². The first-order valence-corrected chi connectivity index (χ1v) is 9.12. The van der Waals surface area contributed by atoms with Gasteiger partial charge < -0.3 is 15.2 Å². The lowest BCUT2D eigenvalue weighted by Crippen LogP contribution is -2.48. The third kappa shape index (κ3) is 4.36. The number of amides is 1. The van der Waals surface area contributed by atoms with Crippen LogP contribution in [-0.4, -0.2) is 46.0 Å². The number of aromatic nitrogens is 2. The molecule has 2 atom stereocenters. The first-order chi connectivity index (χ1) is 12.8. The van der Waals surface area contributed by atoms with Gasteiger partial charge in [-0.1, -0.05) is 6.07 Å². The summed E-state index contributed by atoms with van der Waals surface area (Å²) in [4.78, 5) is 24.3. The number of benzene rings is 1. The van der Waals surface area contributed by atoms with Crippen molar-refractivity contribution in [2.75, 3.05) is 13.2 Å². The average Bonchev–Trinajstić information content (AvgIpc) is 3.01. The molecule has 0 bridgehead atoms. The monoisotopic (exact) mass is 371 g/mol. The lowest BCUT2D eigenvalue weighted by atomic mass is 9.93. The van der Waals surface area contributed by atoms with Crippen LogP contribution in [0.2, 0.25) is 0 Å². The van der Waals surface area contributed by atoms with Gasteiger partial charge in [0.25, 0.3) is 5.91 Å². The maximum absolute atomic E-state index is 12.6. The van der Waals surface area contributed by atoms with Gasteiger partial charge in [0.1, 0.15) is 6.04 Å². The van der Waals surface area contributed by atoms with Crippen molar-refractivity contribution in [1.29, 1.82) is 0 Å². The minimum Gasteiger partial charge on any atom is -0.480 e. The number of rotatable bonds is 5. The van der Waals surface area contributed by atoms with Crippen molar-refractivity contribution >= 4 is 11.9 Å². The fourth-order valence-corrected chi connectivity index (χ4v) is 3.54. The molecule has 3 rings (SSSR count). The second-order valence-corrected chi connectivity index (χ2v) is 7.20. The summed E-state index contributed by atoms with van der Waals surface area (Å²) in [7, 11) is 0. The molecule has 2 N–H and O–H groups in total. The van der Waals surface area contributed by atoms with Crippen molar-refractivity contribution in [3.8, 4) is 5.69 Å². The Morgan fingerprint density at radius 3 is 2.52 bits per heavy atom. The number of nitrogens with one attached hydrogen (secondary N) is 1. The summed E-state index contributed by atoms with van der Waals surface area (Å²) in [6.07, 6.45) is 1.51. The van der Waals surface area contributed by atoms with Crippen molar-refractivity contribution in [3.63, 3.8) is 0 Å². The zero-order valence-electron chi connectivity index (χ0n) is 15.9. The number of aliphatic carboxylic acids is 1. The van der Waals surface area contributed by atoms with Crippen molar-refractivity contribution in [1.82, 2.24) is 15.1 Å². The van der Waals surface area contributed by atoms with Crippen LogP contribution in [0.15, 0.2) is 24.3 Å². The minimum absolute atomic E-state index is 0.203. The van der Waals surface area contributed by atoms with Crippen molar-refractivity contribution in [3.05, 3.63) is 46.8 Å². The normalized spacial score (nSPS) is 18.1. The molecule has 2 heterocycles. The Hall–Kier alpha value is -2.67. The maximum Gasteiger partial charge on any atom is 0.326 e. The van der Waals surface area contributed by atoms with Gasteiger partial charge in [-0.05, 0) is 62.9 Å². The summed E-state index contributed by atoms with van der Waals surface area (Å²) in [6.45, 7) is 6.86. The number of hydrogen-bond acceptors (Lipinski definition) is 4. The SMILES string of the molecule is Cc1cc(C)cc(-n2nc(C(=O)NC(C(=O)O)C3CCCOC3)cc2C)c1.